The molecule has 0 aliphatic heterocycles. The van der Waals surface area contributed by atoms with E-state index >= 15 is 0 Å². The van der Waals surface area contributed by atoms with Crippen LogP contribution < -0.4 is 10.1 Å². The second-order valence-corrected chi connectivity index (χ2v) is 5.59. The van der Waals surface area contributed by atoms with Gasteiger partial charge in [-0.15, -0.1) is 0 Å². The lowest BCUT2D eigenvalue weighted by Gasteiger charge is -2.09. The van der Waals surface area contributed by atoms with Gasteiger partial charge in [0.2, 0.25) is 5.91 Å². The minimum Gasteiger partial charge on any atom is -0.492 e. The van der Waals surface area contributed by atoms with Crippen LogP contribution in [0.4, 0.5) is 5.82 Å². The number of hydrogen-bond acceptors (Lipinski definition) is 3. The molecule has 0 saturated carbocycles. The number of ether oxygens (including phenoxy) is 1. The number of hydrogen-bond donors (Lipinski definition) is 1. The summed E-state index contributed by atoms with van der Waals surface area (Å²) in [5.74, 6) is 1.06. The van der Waals surface area contributed by atoms with Crippen LogP contribution in [0.15, 0.2) is 36.5 Å². The molecule has 1 amide bonds. The van der Waals surface area contributed by atoms with Crippen LogP contribution in [0.25, 0.3) is 0 Å². The normalized spacial score (nSPS) is 10.3. The molecule has 1 aromatic carbocycles. The highest BCUT2D eigenvalue weighted by Gasteiger charge is 2.06. The van der Waals surface area contributed by atoms with Gasteiger partial charge in [0, 0.05) is 17.6 Å². The Bertz CT molecular complexity index is 662. The lowest BCUT2D eigenvalue weighted by molar-refractivity contribution is -0.116. The summed E-state index contributed by atoms with van der Waals surface area (Å²) < 4.78 is 5.53. The average molecular weight is 339 g/mol. The number of rotatable bonds is 6. The maximum absolute atomic E-state index is 11.8. The summed E-state index contributed by atoms with van der Waals surface area (Å²) in [5, 5.41) is 3.80. The minimum absolute atomic E-state index is 0.0902. The molecule has 6 heteroatoms. The number of halogens is 2. The Morgan fingerprint density at radius 3 is 2.86 bits per heavy atom. The second kappa shape index (κ2) is 8.01. The van der Waals surface area contributed by atoms with E-state index in [1.54, 1.807) is 24.4 Å². The molecule has 0 radical (unpaired) electrons. The smallest absolute Gasteiger partial charge is 0.225 e. The summed E-state index contributed by atoms with van der Waals surface area (Å²) in [6, 6.07) is 8.76. The largest absolute Gasteiger partial charge is 0.492 e. The molecule has 2 rings (SSSR count). The number of benzene rings is 1. The number of nitrogens with zero attached hydrogens (tertiary/aromatic N) is 1. The van der Waals surface area contributed by atoms with Gasteiger partial charge in [-0.25, -0.2) is 4.98 Å². The van der Waals surface area contributed by atoms with E-state index in [0.717, 1.165) is 5.56 Å². The minimum atomic E-state index is -0.0902. The molecule has 0 aliphatic rings. The molecule has 0 saturated heterocycles. The zero-order chi connectivity index (χ0) is 15.9. The third-order valence-electron chi connectivity index (χ3n) is 2.97. The van der Waals surface area contributed by atoms with Crippen molar-refractivity contribution in [3.05, 3.63) is 52.1 Å². The molecule has 0 bridgehead atoms. The van der Waals surface area contributed by atoms with Crippen LogP contribution in [-0.2, 0) is 4.79 Å². The van der Waals surface area contributed by atoms with Gasteiger partial charge in [0.05, 0.1) is 11.6 Å². The van der Waals surface area contributed by atoms with E-state index in [-0.39, 0.29) is 5.91 Å². The molecule has 1 N–H and O–H groups in total. The SMILES string of the molecule is Cc1cccnc1NC(=O)CCCOc1ccc(Cl)cc1Cl. The molecule has 0 atom stereocenters. The summed E-state index contributed by atoms with van der Waals surface area (Å²) in [7, 11) is 0. The highest BCUT2D eigenvalue weighted by atomic mass is 35.5. The van der Waals surface area contributed by atoms with Crippen molar-refractivity contribution in [2.45, 2.75) is 19.8 Å². The quantitative estimate of drug-likeness (QED) is 0.789. The Hall–Kier alpha value is -1.78. The van der Waals surface area contributed by atoms with Crippen molar-refractivity contribution in [3.63, 3.8) is 0 Å². The zero-order valence-corrected chi connectivity index (χ0v) is 13.6. The van der Waals surface area contributed by atoms with Crippen LogP contribution >= 0.6 is 23.2 Å². The summed E-state index contributed by atoms with van der Waals surface area (Å²) in [5.41, 5.74) is 0.931. The highest BCUT2D eigenvalue weighted by molar-refractivity contribution is 6.35. The molecule has 2 aromatic rings. The van der Waals surface area contributed by atoms with E-state index in [4.69, 9.17) is 27.9 Å². The molecule has 1 heterocycles. The van der Waals surface area contributed by atoms with E-state index in [0.29, 0.717) is 41.1 Å². The first-order chi connectivity index (χ1) is 10.6. The fraction of sp³-hybridized carbons (Fsp3) is 0.250. The number of pyridine rings is 1. The average Bonchev–Trinajstić information content (AvgIpc) is 2.48. The van der Waals surface area contributed by atoms with Gasteiger partial charge in [-0.3, -0.25) is 4.79 Å². The molecule has 0 aliphatic carbocycles. The van der Waals surface area contributed by atoms with Crippen molar-refractivity contribution in [3.8, 4) is 5.75 Å². The number of anilines is 1. The molecule has 22 heavy (non-hydrogen) atoms. The topological polar surface area (TPSA) is 51.2 Å². The van der Waals surface area contributed by atoms with E-state index in [9.17, 15) is 4.79 Å². The van der Waals surface area contributed by atoms with Crippen LogP contribution in [0.2, 0.25) is 10.0 Å². The zero-order valence-electron chi connectivity index (χ0n) is 12.1. The van der Waals surface area contributed by atoms with Crippen LogP contribution in [0.3, 0.4) is 0 Å². The number of aromatic nitrogens is 1. The Labute approximate surface area is 139 Å². The van der Waals surface area contributed by atoms with E-state index < -0.39 is 0 Å². The van der Waals surface area contributed by atoms with Crippen molar-refractivity contribution in [2.75, 3.05) is 11.9 Å². The number of aryl methyl sites for hydroxylation is 1. The van der Waals surface area contributed by atoms with E-state index in [2.05, 4.69) is 10.3 Å². The predicted molar refractivity (Wildman–Crippen MR) is 88.8 cm³/mol. The van der Waals surface area contributed by atoms with Gasteiger partial charge in [0.1, 0.15) is 11.6 Å². The van der Waals surface area contributed by atoms with Gasteiger partial charge in [0.25, 0.3) is 0 Å². The third kappa shape index (κ3) is 4.90. The van der Waals surface area contributed by atoms with Crippen molar-refractivity contribution in [1.82, 2.24) is 4.98 Å². The van der Waals surface area contributed by atoms with Crippen molar-refractivity contribution in [1.29, 1.82) is 0 Å². The molecule has 0 unspecified atom stereocenters. The van der Waals surface area contributed by atoms with Gasteiger partial charge in [0.15, 0.2) is 0 Å². The molecule has 0 spiro atoms. The maximum Gasteiger partial charge on any atom is 0.225 e. The van der Waals surface area contributed by atoms with Crippen molar-refractivity contribution in [2.24, 2.45) is 0 Å². The fourth-order valence-electron chi connectivity index (χ4n) is 1.82. The van der Waals surface area contributed by atoms with Gasteiger partial charge < -0.3 is 10.1 Å². The molecule has 116 valence electrons. The predicted octanol–water partition coefficient (Wildman–Crippen LogP) is 4.49. The van der Waals surface area contributed by atoms with E-state index in [1.807, 2.05) is 19.1 Å². The van der Waals surface area contributed by atoms with Crippen molar-refractivity contribution >= 4 is 34.9 Å². The Kier molecular flexibility index (Phi) is 6.04. The second-order valence-electron chi connectivity index (χ2n) is 4.74. The monoisotopic (exact) mass is 338 g/mol. The molecule has 4 nitrogen and oxygen atoms in total. The number of nitrogens with one attached hydrogen (secondary N) is 1. The molecule has 1 aromatic heterocycles. The molecular formula is C16H16Cl2N2O2. The van der Waals surface area contributed by atoms with Crippen molar-refractivity contribution < 1.29 is 9.53 Å². The van der Waals surface area contributed by atoms with Crippen LogP contribution in [0, 0.1) is 6.92 Å². The Balaban J connectivity index is 1.74. The van der Waals surface area contributed by atoms with Crippen LogP contribution in [-0.4, -0.2) is 17.5 Å². The van der Waals surface area contributed by atoms with E-state index in [1.165, 1.54) is 0 Å². The van der Waals surface area contributed by atoms with Gasteiger partial charge in [-0.05, 0) is 43.2 Å². The summed E-state index contributed by atoms with van der Waals surface area (Å²) in [6.45, 7) is 2.30. The number of carbonyl (C=O) groups is 1. The lowest BCUT2D eigenvalue weighted by atomic mass is 10.2. The summed E-state index contributed by atoms with van der Waals surface area (Å²) >= 11 is 11.8. The molecule has 0 fully saturated rings. The first-order valence-electron chi connectivity index (χ1n) is 6.85. The van der Waals surface area contributed by atoms with Gasteiger partial charge in [-0.2, -0.15) is 0 Å². The first kappa shape index (κ1) is 16.6. The van der Waals surface area contributed by atoms with Gasteiger partial charge >= 0.3 is 0 Å². The van der Waals surface area contributed by atoms with Crippen LogP contribution in [0.1, 0.15) is 18.4 Å². The standard InChI is InChI=1S/C16H16Cl2N2O2/c1-11-4-2-8-19-16(11)20-15(21)5-3-9-22-14-7-6-12(17)10-13(14)18/h2,4,6-8,10H,3,5,9H2,1H3,(H,19,20,21). The Morgan fingerprint density at radius 1 is 1.32 bits per heavy atom. The first-order valence-corrected chi connectivity index (χ1v) is 7.61. The summed E-state index contributed by atoms with van der Waals surface area (Å²) in [4.78, 5) is 16.0. The number of amides is 1. The van der Waals surface area contributed by atoms with Gasteiger partial charge in [-0.1, -0.05) is 29.3 Å². The summed E-state index contributed by atoms with van der Waals surface area (Å²) in [6.07, 6.45) is 2.58. The third-order valence-corrected chi connectivity index (χ3v) is 3.50. The highest BCUT2D eigenvalue weighted by Crippen LogP contribution is 2.27. The maximum atomic E-state index is 11.8. The fourth-order valence-corrected chi connectivity index (χ4v) is 2.28. The van der Waals surface area contributed by atoms with Crippen LogP contribution in [0.5, 0.6) is 5.75 Å². The lowest BCUT2D eigenvalue weighted by Crippen LogP contribution is -2.14. The molecular weight excluding hydrogens is 323 g/mol. The number of carbonyl (C=O) groups excluding carboxylic acids is 1. The Morgan fingerprint density at radius 2 is 2.14 bits per heavy atom.